The maximum Gasteiger partial charge on any atom is 0.309 e. The molecule has 48 heavy (non-hydrogen) atoms. The average Bonchev–Trinajstić information content (AvgIpc) is 3.90. The van der Waals surface area contributed by atoms with Crippen LogP contribution in [-0.4, -0.2) is 35.2 Å². The Morgan fingerprint density at radius 1 is 0.708 bits per heavy atom. The van der Waals surface area contributed by atoms with Crippen molar-refractivity contribution in [3.63, 3.8) is 0 Å². The molecule has 6 bridgehead atoms. The van der Waals surface area contributed by atoms with Crippen LogP contribution in [0.4, 0.5) is 0 Å². The molecule has 7 aliphatic rings. The molecule has 7 fully saturated rings. The van der Waals surface area contributed by atoms with Crippen molar-refractivity contribution in [2.45, 2.75) is 151 Å². The summed E-state index contributed by atoms with van der Waals surface area (Å²) in [6.45, 7) is 20.3. The Hall–Kier alpha value is -1.59. The van der Waals surface area contributed by atoms with Crippen molar-refractivity contribution in [3.05, 3.63) is 0 Å². The number of esters is 2. The van der Waals surface area contributed by atoms with Crippen LogP contribution in [-0.2, 0) is 23.9 Å². The number of fused-ring (bicyclic) bond motifs is 7. The molecule has 274 valence electrons. The Morgan fingerprint density at radius 2 is 1.19 bits per heavy atom. The summed E-state index contributed by atoms with van der Waals surface area (Å²) in [5, 5.41) is 9.11. The summed E-state index contributed by atoms with van der Waals surface area (Å²) in [4.78, 5) is 34.7. The van der Waals surface area contributed by atoms with E-state index in [0.29, 0.717) is 24.2 Å². The molecule has 0 radical (unpaired) electrons. The molecule has 6 saturated carbocycles. The van der Waals surface area contributed by atoms with E-state index in [9.17, 15) is 14.4 Å². The summed E-state index contributed by atoms with van der Waals surface area (Å²) in [5.41, 5.74) is -0.0844. The van der Waals surface area contributed by atoms with Gasteiger partial charge in [0.2, 0.25) is 0 Å². The van der Waals surface area contributed by atoms with Crippen molar-refractivity contribution < 1.29 is 29.0 Å². The van der Waals surface area contributed by atoms with Crippen LogP contribution in [0.3, 0.4) is 0 Å². The van der Waals surface area contributed by atoms with Gasteiger partial charge in [-0.3, -0.25) is 14.4 Å². The molecule has 15 unspecified atom stereocenters. The molecule has 1 N–H and O–H groups in total. The number of hydrogen-bond donors (Lipinski definition) is 1. The van der Waals surface area contributed by atoms with E-state index in [1.807, 2.05) is 20.8 Å². The fraction of sp³-hybridized carbons (Fsp3) is 0.929. The summed E-state index contributed by atoms with van der Waals surface area (Å²) < 4.78 is 10.9. The summed E-state index contributed by atoms with van der Waals surface area (Å²) in [5.74, 6) is 8.89. The van der Waals surface area contributed by atoms with Crippen LogP contribution in [0.25, 0.3) is 0 Å². The third-order valence-corrected chi connectivity index (χ3v) is 15.3. The summed E-state index contributed by atoms with van der Waals surface area (Å²) >= 11 is 0. The van der Waals surface area contributed by atoms with Gasteiger partial charge in [0.25, 0.3) is 0 Å². The minimum absolute atomic E-state index is 0.0206. The third kappa shape index (κ3) is 6.99. The van der Waals surface area contributed by atoms with Gasteiger partial charge in [0, 0.05) is 5.41 Å². The topological polar surface area (TPSA) is 89.9 Å². The molecular weight excluding hydrogens is 600 g/mol. The quantitative estimate of drug-likeness (QED) is 0.259. The van der Waals surface area contributed by atoms with E-state index in [1.54, 1.807) is 0 Å². The monoisotopic (exact) mass is 671 g/mol. The van der Waals surface area contributed by atoms with Gasteiger partial charge in [-0.15, -0.1) is 0 Å². The maximum absolute atomic E-state index is 12.3. The van der Waals surface area contributed by atoms with Crippen molar-refractivity contribution >= 4 is 17.9 Å². The first-order chi connectivity index (χ1) is 22.8. The standard InChI is InChI=1S/C16H28O2.C14H22O2.C12H20O2/c1-6-11-10-8-13(12(11)7-2)14(9-10)15(17)18-16(3,4)5;1-3-10-9-5-12(11(10)4-2)14(6-9)7-13(15)16-8-14;1-3-8-7-5-10(9(8)4-2)11(6-7)12(13)14/h10-14H,6-9H2,1-5H3;9-12H,3-8H2,1-2H3;7-11H,3-6H2,1-2H3,(H,13,14). The normalized spacial score (nSPS) is 44.7. The van der Waals surface area contributed by atoms with Gasteiger partial charge in [0.05, 0.1) is 24.9 Å². The van der Waals surface area contributed by atoms with Crippen molar-refractivity contribution in [1.82, 2.24) is 0 Å². The molecular formula is C42H70O6. The molecule has 1 spiro atoms. The number of carbonyl (C=O) groups is 3. The highest BCUT2D eigenvalue weighted by atomic mass is 16.6. The first kappa shape index (κ1) is 37.7. The van der Waals surface area contributed by atoms with Crippen molar-refractivity contribution in [2.75, 3.05) is 6.61 Å². The zero-order valence-electron chi connectivity index (χ0n) is 32.0. The van der Waals surface area contributed by atoms with E-state index in [4.69, 9.17) is 14.6 Å². The first-order valence-corrected chi connectivity index (χ1v) is 20.4. The number of cyclic esters (lactones) is 1. The van der Waals surface area contributed by atoms with Crippen LogP contribution in [0, 0.1) is 88.3 Å². The number of rotatable bonds is 8. The average molecular weight is 671 g/mol. The van der Waals surface area contributed by atoms with Gasteiger partial charge < -0.3 is 14.6 Å². The van der Waals surface area contributed by atoms with Gasteiger partial charge in [-0.25, -0.2) is 0 Å². The predicted octanol–water partition coefficient (Wildman–Crippen LogP) is 9.83. The number of carboxylic acid groups (broad SMARTS) is 1. The van der Waals surface area contributed by atoms with E-state index in [2.05, 4.69) is 41.5 Å². The van der Waals surface area contributed by atoms with Crippen LogP contribution in [0.1, 0.15) is 146 Å². The van der Waals surface area contributed by atoms with Gasteiger partial charge in [0.1, 0.15) is 5.60 Å². The molecule has 7 rings (SSSR count). The van der Waals surface area contributed by atoms with Crippen molar-refractivity contribution in [1.29, 1.82) is 0 Å². The smallest absolute Gasteiger partial charge is 0.309 e. The summed E-state index contributed by atoms with van der Waals surface area (Å²) in [6.07, 6.45) is 15.3. The lowest BCUT2D eigenvalue weighted by atomic mass is 9.63. The minimum Gasteiger partial charge on any atom is -0.481 e. The van der Waals surface area contributed by atoms with E-state index < -0.39 is 5.97 Å². The van der Waals surface area contributed by atoms with Crippen LogP contribution < -0.4 is 0 Å². The second kappa shape index (κ2) is 14.9. The maximum atomic E-state index is 12.3. The zero-order valence-corrected chi connectivity index (χ0v) is 32.0. The lowest BCUT2D eigenvalue weighted by molar-refractivity contribution is -0.163. The fourth-order valence-corrected chi connectivity index (χ4v) is 13.8. The molecule has 0 amide bonds. The molecule has 1 heterocycles. The van der Waals surface area contributed by atoms with E-state index >= 15 is 0 Å². The summed E-state index contributed by atoms with van der Waals surface area (Å²) in [6, 6.07) is 0. The number of carbonyl (C=O) groups excluding carboxylic acids is 2. The number of aliphatic carboxylic acids is 1. The molecule has 6 nitrogen and oxygen atoms in total. The minimum atomic E-state index is -0.550. The van der Waals surface area contributed by atoms with Gasteiger partial charge in [0.15, 0.2) is 0 Å². The van der Waals surface area contributed by atoms with Crippen LogP contribution in [0.15, 0.2) is 0 Å². The Kier molecular flexibility index (Phi) is 11.7. The lowest BCUT2D eigenvalue weighted by Crippen LogP contribution is -2.37. The summed E-state index contributed by atoms with van der Waals surface area (Å²) in [7, 11) is 0. The van der Waals surface area contributed by atoms with Crippen molar-refractivity contribution in [2.24, 2.45) is 88.3 Å². The molecule has 1 saturated heterocycles. The molecule has 1 aliphatic heterocycles. The Balaban J connectivity index is 0.000000142. The largest absolute Gasteiger partial charge is 0.481 e. The molecule has 0 aromatic heterocycles. The van der Waals surface area contributed by atoms with Gasteiger partial charge in [-0.2, -0.15) is 0 Å². The molecule has 0 aromatic carbocycles. The zero-order chi connectivity index (χ0) is 35.1. The van der Waals surface area contributed by atoms with Gasteiger partial charge >= 0.3 is 17.9 Å². The first-order valence-electron chi connectivity index (χ1n) is 20.4. The highest BCUT2D eigenvalue weighted by molar-refractivity contribution is 5.74. The van der Waals surface area contributed by atoms with E-state index in [1.165, 1.54) is 64.2 Å². The van der Waals surface area contributed by atoms with Crippen LogP contribution >= 0.6 is 0 Å². The second-order valence-corrected chi connectivity index (χ2v) is 18.3. The van der Waals surface area contributed by atoms with E-state index in [0.717, 1.165) is 72.7 Å². The third-order valence-electron chi connectivity index (χ3n) is 15.3. The molecule has 15 atom stereocenters. The van der Waals surface area contributed by atoms with Crippen molar-refractivity contribution in [3.8, 4) is 0 Å². The molecule has 6 aliphatic carbocycles. The predicted molar refractivity (Wildman–Crippen MR) is 190 cm³/mol. The molecule has 0 aromatic rings. The second-order valence-electron chi connectivity index (χ2n) is 18.3. The highest BCUT2D eigenvalue weighted by Gasteiger charge is 2.61. The number of ether oxygens (including phenoxy) is 2. The number of carboxylic acids is 1. The lowest BCUT2D eigenvalue weighted by Gasteiger charge is -2.40. The van der Waals surface area contributed by atoms with E-state index in [-0.39, 0.29) is 34.8 Å². The van der Waals surface area contributed by atoms with Gasteiger partial charge in [-0.1, -0.05) is 80.1 Å². The Morgan fingerprint density at radius 3 is 1.62 bits per heavy atom. The number of hydrogen-bond acceptors (Lipinski definition) is 5. The Labute approximate surface area is 292 Å². The Bertz CT molecular complexity index is 1140. The molecule has 6 heteroatoms. The SMILES string of the molecule is CCC1C2CC(C(=O)O)C(C2)C1CC.CCC1C2CC(C(=O)OC(C)(C)C)C(C2)C1CC.CCC1C2CC(C1CC)C1(COC(=O)C1)C2. The van der Waals surface area contributed by atoms with Crippen LogP contribution in [0.5, 0.6) is 0 Å². The highest BCUT2D eigenvalue weighted by Crippen LogP contribution is 2.65. The van der Waals surface area contributed by atoms with Gasteiger partial charge in [-0.05, 0) is 130 Å². The fourth-order valence-electron chi connectivity index (χ4n) is 13.8. The van der Waals surface area contributed by atoms with Crippen LogP contribution in [0.2, 0.25) is 0 Å².